The number of methoxy groups -OCH3 is 1. The molecule has 1 heterocycles. The molecule has 0 saturated carbocycles. The molecular weight excluding hydrogens is 547 g/mol. The molecule has 0 bridgehead atoms. The van der Waals surface area contributed by atoms with Crippen LogP contribution in [-0.2, 0) is 15.7 Å². The van der Waals surface area contributed by atoms with Gasteiger partial charge in [-0.2, -0.15) is 30.0 Å². The van der Waals surface area contributed by atoms with Crippen LogP contribution in [-0.4, -0.2) is 54.1 Å². The maximum absolute atomic E-state index is 13.3. The Balaban J connectivity index is 1.86. The molecule has 0 aromatic heterocycles. The number of hydrogen-bond donors (Lipinski definition) is 0. The van der Waals surface area contributed by atoms with E-state index in [1.54, 1.807) is 28.9 Å². The normalized spacial score (nSPS) is 17.5. The van der Waals surface area contributed by atoms with E-state index in [0.29, 0.717) is 23.5 Å². The number of thioether (sulfide) groups is 1. The van der Waals surface area contributed by atoms with E-state index in [1.807, 2.05) is 18.4 Å². The lowest BCUT2D eigenvalue weighted by Gasteiger charge is -2.27. The highest BCUT2D eigenvalue weighted by molar-refractivity contribution is 8.15. The summed E-state index contributed by atoms with van der Waals surface area (Å²) in [5.41, 5.74) is 0.662. The number of anilines is 1. The van der Waals surface area contributed by atoms with Crippen molar-refractivity contribution >= 4 is 57.9 Å². The van der Waals surface area contributed by atoms with Gasteiger partial charge in [0, 0.05) is 17.0 Å². The third-order valence-electron chi connectivity index (χ3n) is 5.85. The summed E-state index contributed by atoms with van der Waals surface area (Å²) in [4.78, 5) is 25.3. The number of benzene rings is 2. The first kappa shape index (κ1) is 29.2. The van der Waals surface area contributed by atoms with E-state index >= 15 is 0 Å². The second-order valence-electron chi connectivity index (χ2n) is 8.71. The molecule has 2 aromatic carbocycles. The highest BCUT2D eigenvalue weighted by Crippen LogP contribution is 2.37. The largest absolute Gasteiger partial charge is 0.460 e. The number of ether oxygens (including phenoxy) is 1. The molecule has 0 aliphatic carbocycles. The highest BCUT2D eigenvalue weighted by atomic mass is 35.5. The van der Waals surface area contributed by atoms with E-state index in [1.165, 1.54) is 0 Å². The molecule has 0 fully saturated rings. The summed E-state index contributed by atoms with van der Waals surface area (Å²) in [5.74, 6) is 0.461. The van der Waals surface area contributed by atoms with Gasteiger partial charge in [0.2, 0.25) is 0 Å². The van der Waals surface area contributed by atoms with E-state index in [-0.39, 0.29) is 17.6 Å². The van der Waals surface area contributed by atoms with Gasteiger partial charge >= 0.3 is 11.5 Å². The molecule has 200 valence electrons. The first-order chi connectivity index (χ1) is 17.5. The molecule has 2 aromatic rings. The summed E-state index contributed by atoms with van der Waals surface area (Å²) >= 11 is 8.29. The second-order valence-corrected chi connectivity index (χ2v) is 11.0. The lowest BCUT2D eigenvalue weighted by Crippen LogP contribution is -2.38. The Hall–Kier alpha value is -2.37. The summed E-state index contributed by atoms with van der Waals surface area (Å²) in [6, 6.07) is 11.4. The molecule has 37 heavy (non-hydrogen) atoms. The number of hydrogen-bond acceptors (Lipinski definition) is 7. The maximum atomic E-state index is 13.3. The van der Waals surface area contributed by atoms with Gasteiger partial charge in [-0.05, 0) is 66.8 Å². The first-order valence-corrected chi connectivity index (χ1v) is 13.9. The molecule has 1 amide bonds. The van der Waals surface area contributed by atoms with Crippen LogP contribution in [0, 0.1) is 5.41 Å². The van der Waals surface area contributed by atoms with Crippen LogP contribution in [0.3, 0.4) is 0 Å². The van der Waals surface area contributed by atoms with E-state index < -0.39 is 22.9 Å². The standard InChI is InChI=1S/C25H27ClF3N3O3S2/c1-24(13-4-14-36-3)16-31(30-22(24)17-5-9-19(26)10-6-17)15-21(33)32(37-23(34)35-2)20-11-7-18(8-12-20)25(27,28)29/h5-12H,4,13-16H2,1-3H3. The third-order valence-corrected chi connectivity index (χ3v) is 7.71. The van der Waals surface area contributed by atoms with Gasteiger partial charge in [0.05, 0.1) is 36.0 Å². The Morgan fingerprint density at radius 3 is 2.38 bits per heavy atom. The summed E-state index contributed by atoms with van der Waals surface area (Å²) in [7, 11) is 1.16. The van der Waals surface area contributed by atoms with Crippen LogP contribution in [0.5, 0.6) is 0 Å². The maximum Gasteiger partial charge on any atom is 0.416 e. The molecule has 12 heteroatoms. The minimum Gasteiger partial charge on any atom is -0.460 e. The lowest BCUT2D eigenvalue weighted by molar-refractivity contribution is -0.137. The number of carbonyl (C=O) groups is 2. The Morgan fingerprint density at radius 2 is 1.81 bits per heavy atom. The zero-order valence-corrected chi connectivity index (χ0v) is 22.9. The number of halogens is 4. The molecule has 0 spiro atoms. The van der Waals surface area contributed by atoms with Crippen LogP contribution < -0.4 is 4.31 Å². The number of amides is 1. The number of rotatable bonds is 8. The van der Waals surface area contributed by atoms with Gasteiger partial charge in [-0.25, -0.2) is 9.10 Å². The molecule has 1 aliphatic heterocycles. The molecule has 1 aliphatic rings. The molecule has 1 atom stereocenters. The van der Waals surface area contributed by atoms with Crippen molar-refractivity contribution in [2.24, 2.45) is 10.5 Å². The van der Waals surface area contributed by atoms with Crippen LogP contribution in [0.4, 0.5) is 23.7 Å². The van der Waals surface area contributed by atoms with Gasteiger partial charge in [-0.15, -0.1) is 0 Å². The van der Waals surface area contributed by atoms with Gasteiger partial charge in [0.15, 0.2) is 0 Å². The fraction of sp³-hybridized carbons (Fsp3) is 0.400. The van der Waals surface area contributed by atoms with Crippen LogP contribution in [0.25, 0.3) is 0 Å². The quantitative estimate of drug-likeness (QED) is 0.193. The first-order valence-electron chi connectivity index (χ1n) is 11.3. The zero-order valence-electron chi connectivity index (χ0n) is 20.5. The predicted octanol–water partition coefficient (Wildman–Crippen LogP) is 6.98. The Bertz CT molecular complexity index is 1130. The van der Waals surface area contributed by atoms with Crippen molar-refractivity contribution in [3.05, 3.63) is 64.7 Å². The van der Waals surface area contributed by atoms with Crippen LogP contribution in [0.15, 0.2) is 53.6 Å². The fourth-order valence-electron chi connectivity index (χ4n) is 4.05. The molecule has 6 nitrogen and oxygen atoms in total. The number of nitrogens with zero attached hydrogens (tertiary/aromatic N) is 3. The minimum absolute atomic E-state index is 0.122. The summed E-state index contributed by atoms with van der Waals surface area (Å²) < 4.78 is 44.7. The van der Waals surface area contributed by atoms with E-state index in [0.717, 1.165) is 65.6 Å². The molecule has 0 saturated heterocycles. The smallest absolute Gasteiger partial charge is 0.416 e. The van der Waals surface area contributed by atoms with Gasteiger partial charge in [0.25, 0.3) is 5.91 Å². The summed E-state index contributed by atoms with van der Waals surface area (Å²) in [5, 5.41) is 6.23. The van der Waals surface area contributed by atoms with Crippen molar-refractivity contribution < 1.29 is 27.5 Å². The van der Waals surface area contributed by atoms with Crippen LogP contribution >= 0.6 is 35.3 Å². The zero-order chi connectivity index (χ0) is 27.2. The van der Waals surface area contributed by atoms with Crippen molar-refractivity contribution in [2.45, 2.75) is 25.9 Å². The fourth-order valence-corrected chi connectivity index (χ4v) is 5.22. The Labute approximate surface area is 227 Å². The van der Waals surface area contributed by atoms with Crippen molar-refractivity contribution in [2.75, 3.05) is 36.5 Å². The average Bonchev–Trinajstić information content (AvgIpc) is 3.18. The van der Waals surface area contributed by atoms with Crippen LogP contribution in [0.2, 0.25) is 5.02 Å². The van der Waals surface area contributed by atoms with Gasteiger partial charge < -0.3 is 4.74 Å². The average molecular weight is 574 g/mol. The summed E-state index contributed by atoms with van der Waals surface area (Å²) in [6.45, 7) is 2.39. The second kappa shape index (κ2) is 12.4. The van der Waals surface area contributed by atoms with E-state index in [2.05, 4.69) is 11.7 Å². The monoisotopic (exact) mass is 573 g/mol. The molecule has 0 radical (unpaired) electrons. The van der Waals surface area contributed by atoms with Gasteiger partial charge in [-0.3, -0.25) is 9.80 Å². The van der Waals surface area contributed by atoms with Crippen molar-refractivity contribution in [3.8, 4) is 0 Å². The van der Waals surface area contributed by atoms with Crippen molar-refractivity contribution in [1.82, 2.24) is 5.01 Å². The number of alkyl halides is 3. The Morgan fingerprint density at radius 1 is 1.16 bits per heavy atom. The molecule has 0 N–H and O–H groups in total. The van der Waals surface area contributed by atoms with E-state index in [4.69, 9.17) is 16.7 Å². The topological polar surface area (TPSA) is 62.2 Å². The SMILES string of the molecule is COC(=O)SN(C(=O)CN1CC(C)(CCCSC)C(c2ccc(Cl)cc2)=N1)c1ccc(C(F)(F)F)cc1. The Kier molecular flexibility index (Phi) is 9.82. The van der Waals surface area contributed by atoms with Crippen molar-refractivity contribution in [1.29, 1.82) is 0 Å². The number of hydrazone groups is 1. The van der Waals surface area contributed by atoms with Gasteiger partial charge in [0.1, 0.15) is 6.54 Å². The highest BCUT2D eigenvalue weighted by Gasteiger charge is 2.40. The molecular formula is C25H27ClF3N3O3S2. The summed E-state index contributed by atoms with van der Waals surface area (Å²) in [6.07, 6.45) is -0.668. The number of carbonyl (C=O) groups excluding carboxylic acids is 2. The predicted molar refractivity (Wildman–Crippen MR) is 144 cm³/mol. The van der Waals surface area contributed by atoms with Gasteiger partial charge in [-0.1, -0.05) is 30.7 Å². The minimum atomic E-state index is -4.52. The third kappa shape index (κ3) is 7.58. The van der Waals surface area contributed by atoms with Crippen LogP contribution in [0.1, 0.15) is 30.9 Å². The lowest BCUT2D eigenvalue weighted by atomic mass is 9.78. The molecule has 1 unspecified atom stereocenters. The van der Waals surface area contributed by atoms with E-state index in [9.17, 15) is 22.8 Å². The molecule has 3 rings (SSSR count). The van der Waals surface area contributed by atoms with Crippen molar-refractivity contribution in [3.63, 3.8) is 0 Å².